The Labute approximate surface area is 141 Å². The van der Waals surface area contributed by atoms with Crippen LogP contribution in [0.1, 0.15) is 5.56 Å². The Morgan fingerprint density at radius 2 is 1.79 bits per heavy atom. The Kier molecular flexibility index (Phi) is 4.25. The summed E-state index contributed by atoms with van der Waals surface area (Å²) in [5.74, 6) is 0.987. The summed E-state index contributed by atoms with van der Waals surface area (Å²) in [6.45, 7) is 5.06. The van der Waals surface area contributed by atoms with Gasteiger partial charge in [0.15, 0.2) is 0 Å². The number of rotatable bonds is 4. The Balaban J connectivity index is 1.40. The number of hydrogen-bond donors (Lipinski definition) is 0. The molecule has 0 atom stereocenters. The summed E-state index contributed by atoms with van der Waals surface area (Å²) in [5.41, 5.74) is 3.26. The van der Waals surface area contributed by atoms with Crippen LogP contribution in [0.2, 0.25) is 0 Å². The van der Waals surface area contributed by atoms with E-state index in [4.69, 9.17) is 4.42 Å². The standard InChI is InChI=1S/C19H20N4O/c1-2-4-16(5-3-1)13-22-7-9-23(10-8-22)19-12-18(20-15-21-19)17-6-11-24-14-17/h1-6,11-12,14-15H,7-10,13H2. The molecule has 3 heterocycles. The highest BCUT2D eigenvalue weighted by atomic mass is 16.3. The van der Waals surface area contributed by atoms with Gasteiger partial charge in [-0.1, -0.05) is 30.3 Å². The average molecular weight is 320 g/mol. The fourth-order valence-corrected chi connectivity index (χ4v) is 3.06. The normalized spacial score (nSPS) is 15.6. The number of piperazine rings is 1. The lowest BCUT2D eigenvalue weighted by Crippen LogP contribution is -2.46. The van der Waals surface area contributed by atoms with Gasteiger partial charge in [-0.05, 0) is 11.6 Å². The molecule has 0 unspecified atom stereocenters. The molecule has 1 aliphatic heterocycles. The maximum Gasteiger partial charge on any atom is 0.132 e. The Morgan fingerprint density at radius 1 is 0.958 bits per heavy atom. The van der Waals surface area contributed by atoms with Crippen molar-refractivity contribution in [3.8, 4) is 11.3 Å². The summed E-state index contributed by atoms with van der Waals surface area (Å²) >= 11 is 0. The molecule has 0 N–H and O–H groups in total. The molecule has 3 aromatic rings. The molecule has 0 amide bonds. The van der Waals surface area contributed by atoms with Crippen LogP contribution in [0.25, 0.3) is 11.3 Å². The molecule has 1 saturated heterocycles. The largest absolute Gasteiger partial charge is 0.472 e. The van der Waals surface area contributed by atoms with Gasteiger partial charge in [-0.2, -0.15) is 0 Å². The zero-order valence-corrected chi connectivity index (χ0v) is 13.5. The SMILES string of the molecule is c1ccc(CN2CCN(c3cc(-c4ccoc4)ncn3)CC2)cc1. The summed E-state index contributed by atoms with van der Waals surface area (Å²) in [6.07, 6.45) is 5.01. The Morgan fingerprint density at radius 3 is 2.54 bits per heavy atom. The second-order valence-electron chi connectivity index (χ2n) is 6.02. The zero-order valence-electron chi connectivity index (χ0n) is 13.5. The third-order valence-electron chi connectivity index (χ3n) is 4.41. The average Bonchev–Trinajstić information content (AvgIpc) is 3.18. The molecule has 0 bridgehead atoms. The molecule has 0 radical (unpaired) electrons. The molecule has 1 aliphatic rings. The molecule has 0 saturated carbocycles. The number of furan rings is 1. The quantitative estimate of drug-likeness (QED) is 0.739. The lowest BCUT2D eigenvalue weighted by molar-refractivity contribution is 0.249. The summed E-state index contributed by atoms with van der Waals surface area (Å²) in [7, 11) is 0. The van der Waals surface area contributed by atoms with Crippen molar-refractivity contribution >= 4 is 5.82 Å². The first-order chi connectivity index (χ1) is 11.9. The molecular weight excluding hydrogens is 300 g/mol. The van der Waals surface area contributed by atoms with E-state index >= 15 is 0 Å². The van der Waals surface area contributed by atoms with E-state index in [-0.39, 0.29) is 0 Å². The van der Waals surface area contributed by atoms with Crippen LogP contribution in [0, 0.1) is 0 Å². The van der Waals surface area contributed by atoms with E-state index in [1.807, 2.05) is 12.1 Å². The molecular formula is C19H20N4O. The van der Waals surface area contributed by atoms with Crippen molar-refractivity contribution in [3.63, 3.8) is 0 Å². The van der Waals surface area contributed by atoms with Crippen LogP contribution < -0.4 is 4.90 Å². The molecule has 24 heavy (non-hydrogen) atoms. The van der Waals surface area contributed by atoms with Crippen LogP contribution >= 0.6 is 0 Å². The van der Waals surface area contributed by atoms with Crippen molar-refractivity contribution in [2.45, 2.75) is 6.54 Å². The van der Waals surface area contributed by atoms with Crippen LogP contribution in [0.4, 0.5) is 5.82 Å². The van der Waals surface area contributed by atoms with Gasteiger partial charge in [0.25, 0.3) is 0 Å². The van der Waals surface area contributed by atoms with Crippen LogP contribution in [0.3, 0.4) is 0 Å². The van der Waals surface area contributed by atoms with Crippen LogP contribution in [-0.4, -0.2) is 41.0 Å². The van der Waals surface area contributed by atoms with Gasteiger partial charge in [0.1, 0.15) is 12.1 Å². The smallest absolute Gasteiger partial charge is 0.132 e. The summed E-state index contributed by atoms with van der Waals surface area (Å²) in [5, 5.41) is 0. The van der Waals surface area contributed by atoms with E-state index in [1.54, 1.807) is 18.9 Å². The molecule has 5 nitrogen and oxygen atoms in total. The van der Waals surface area contributed by atoms with Crippen molar-refractivity contribution in [1.29, 1.82) is 0 Å². The van der Waals surface area contributed by atoms with Gasteiger partial charge in [-0.25, -0.2) is 9.97 Å². The predicted molar refractivity (Wildman–Crippen MR) is 93.7 cm³/mol. The lowest BCUT2D eigenvalue weighted by Gasteiger charge is -2.35. The maximum atomic E-state index is 5.14. The molecule has 1 fully saturated rings. The predicted octanol–water partition coefficient (Wildman–Crippen LogP) is 3.06. The molecule has 122 valence electrons. The first-order valence-electron chi connectivity index (χ1n) is 8.24. The highest BCUT2D eigenvalue weighted by molar-refractivity contribution is 5.61. The summed E-state index contributed by atoms with van der Waals surface area (Å²) < 4.78 is 5.14. The minimum atomic E-state index is 0.903. The summed E-state index contributed by atoms with van der Waals surface area (Å²) in [4.78, 5) is 13.6. The van der Waals surface area contributed by atoms with Gasteiger partial charge >= 0.3 is 0 Å². The maximum absolute atomic E-state index is 5.14. The topological polar surface area (TPSA) is 45.4 Å². The van der Waals surface area contributed by atoms with Crippen molar-refractivity contribution in [3.05, 3.63) is 66.9 Å². The van der Waals surface area contributed by atoms with Crippen LogP contribution in [-0.2, 0) is 6.54 Å². The highest BCUT2D eigenvalue weighted by Crippen LogP contribution is 2.22. The van der Waals surface area contributed by atoms with Crippen LogP contribution in [0.5, 0.6) is 0 Å². The molecule has 0 spiro atoms. The number of hydrogen-bond acceptors (Lipinski definition) is 5. The van der Waals surface area contributed by atoms with Crippen molar-refractivity contribution in [1.82, 2.24) is 14.9 Å². The van der Waals surface area contributed by atoms with Crippen LogP contribution in [0.15, 0.2) is 65.7 Å². The van der Waals surface area contributed by atoms with Gasteiger partial charge in [-0.3, -0.25) is 4.90 Å². The third kappa shape index (κ3) is 3.31. The van der Waals surface area contributed by atoms with Gasteiger partial charge < -0.3 is 9.32 Å². The van der Waals surface area contributed by atoms with E-state index in [0.29, 0.717) is 0 Å². The van der Waals surface area contributed by atoms with E-state index in [0.717, 1.165) is 49.8 Å². The third-order valence-corrected chi connectivity index (χ3v) is 4.41. The highest BCUT2D eigenvalue weighted by Gasteiger charge is 2.18. The van der Waals surface area contributed by atoms with E-state index in [9.17, 15) is 0 Å². The van der Waals surface area contributed by atoms with E-state index in [2.05, 4.69) is 50.1 Å². The number of nitrogens with zero attached hydrogens (tertiary/aromatic N) is 4. The fraction of sp³-hybridized carbons (Fsp3) is 0.263. The molecule has 4 rings (SSSR count). The van der Waals surface area contributed by atoms with Gasteiger partial charge in [-0.15, -0.1) is 0 Å². The second-order valence-corrected chi connectivity index (χ2v) is 6.02. The molecule has 2 aromatic heterocycles. The Bertz CT molecular complexity index is 765. The second kappa shape index (κ2) is 6.84. The van der Waals surface area contributed by atoms with E-state index in [1.165, 1.54) is 5.56 Å². The Hall–Kier alpha value is -2.66. The minimum Gasteiger partial charge on any atom is -0.472 e. The minimum absolute atomic E-state index is 0.903. The molecule has 5 heteroatoms. The first kappa shape index (κ1) is 14.9. The first-order valence-corrected chi connectivity index (χ1v) is 8.24. The number of aromatic nitrogens is 2. The van der Waals surface area contributed by atoms with Crippen molar-refractivity contribution < 1.29 is 4.42 Å². The fourth-order valence-electron chi connectivity index (χ4n) is 3.06. The molecule has 0 aliphatic carbocycles. The van der Waals surface area contributed by atoms with Gasteiger partial charge in [0.2, 0.25) is 0 Å². The summed E-state index contributed by atoms with van der Waals surface area (Å²) in [6, 6.07) is 14.6. The molecule has 1 aromatic carbocycles. The van der Waals surface area contributed by atoms with Crippen molar-refractivity contribution in [2.75, 3.05) is 31.1 Å². The lowest BCUT2D eigenvalue weighted by atomic mass is 10.2. The zero-order chi connectivity index (χ0) is 16.2. The van der Waals surface area contributed by atoms with Gasteiger partial charge in [0, 0.05) is 44.4 Å². The number of anilines is 1. The van der Waals surface area contributed by atoms with Gasteiger partial charge in [0.05, 0.1) is 18.2 Å². The number of benzene rings is 1. The van der Waals surface area contributed by atoms with Crippen molar-refractivity contribution in [2.24, 2.45) is 0 Å². The monoisotopic (exact) mass is 320 g/mol. The van der Waals surface area contributed by atoms with E-state index < -0.39 is 0 Å².